The van der Waals surface area contributed by atoms with Crippen molar-refractivity contribution in [1.82, 2.24) is 9.80 Å². The number of ether oxygens (including phenoxy) is 2. The smallest absolute Gasteiger partial charge is 0.348 e. The van der Waals surface area contributed by atoms with Gasteiger partial charge in [0.05, 0.1) is 37.3 Å². The molecule has 0 bridgehead atoms. The molecular formula is C34H32N2O7. The second-order valence-corrected chi connectivity index (χ2v) is 10.3. The van der Waals surface area contributed by atoms with E-state index >= 15 is 0 Å². The van der Waals surface area contributed by atoms with Crippen molar-refractivity contribution in [3.8, 4) is 0 Å². The van der Waals surface area contributed by atoms with E-state index in [0.29, 0.717) is 22.4 Å². The maximum absolute atomic E-state index is 14.8. The molecule has 3 atom stereocenters. The van der Waals surface area contributed by atoms with Gasteiger partial charge in [-0.15, -0.1) is 0 Å². The number of esters is 2. The minimum Gasteiger partial charge on any atom is -0.466 e. The number of hydrogen-bond donors (Lipinski definition) is 1. The molecule has 1 N–H and O–H groups in total. The molecule has 0 fully saturated rings. The number of methoxy groups -OCH3 is 2. The number of carbonyl (C=O) groups is 4. The van der Waals surface area contributed by atoms with Crippen LogP contribution in [-0.2, 0) is 23.9 Å². The first-order chi connectivity index (χ1) is 20.7. The standard InChI is InChI=1S/C34H32N2O7/c1-5-35-21(2)25(31(38)42-3)28(23-17-11-7-12-18-23)36-30(35)26(29(37)24-19-13-8-14-20-24)27(22-15-9-6-10-16-22)34(41,32(36)39)33(40)43-4/h6-20,27-28,41H,5H2,1-4H3/t27-,28?,34-/m0/s1. The van der Waals surface area contributed by atoms with Gasteiger partial charge in [-0.2, -0.15) is 0 Å². The predicted octanol–water partition coefficient (Wildman–Crippen LogP) is 4.13. The van der Waals surface area contributed by atoms with Crippen molar-refractivity contribution in [2.75, 3.05) is 20.8 Å². The molecular weight excluding hydrogens is 548 g/mol. The van der Waals surface area contributed by atoms with Gasteiger partial charge in [-0.25, -0.2) is 9.59 Å². The monoisotopic (exact) mass is 580 g/mol. The van der Waals surface area contributed by atoms with Gasteiger partial charge in [0.1, 0.15) is 5.82 Å². The molecule has 3 aromatic carbocycles. The summed E-state index contributed by atoms with van der Waals surface area (Å²) in [5, 5.41) is 12.4. The second-order valence-electron chi connectivity index (χ2n) is 10.3. The van der Waals surface area contributed by atoms with Gasteiger partial charge in [-0.1, -0.05) is 91.0 Å². The highest BCUT2D eigenvalue weighted by molar-refractivity contribution is 6.17. The summed E-state index contributed by atoms with van der Waals surface area (Å²) in [6.45, 7) is 3.79. The van der Waals surface area contributed by atoms with Crippen LogP contribution in [0.1, 0.15) is 47.3 Å². The summed E-state index contributed by atoms with van der Waals surface area (Å²) in [6.07, 6.45) is 0. The number of ketones is 1. The normalized spacial score (nSPS) is 21.8. The number of hydrogen-bond acceptors (Lipinski definition) is 8. The molecule has 0 aromatic heterocycles. The molecule has 0 aliphatic carbocycles. The average Bonchev–Trinajstić information content (AvgIpc) is 3.05. The van der Waals surface area contributed by atoms with Gasteiger partial charge in [-0.05, 0) is 25.0 Å². The topological polar surface area (TPSA) is 113 Å². The minimum absolute atomic E-state index is 0.0101. The highest BCUT2D eigenvalue weighted by Crippen LogP contribution is 2.52. The van der Waals surface area contributed by atoms with E-state index in [9.17, 15) is 24.3 Å². The number of benzene rings is 3. The van der Waals surface area contributed by atoms with E-state index in [1.165, 1.54) is 12.0 Å². The first-order valence-electron chi connectivity index (χ1n) is 13.9. The fourth-order valence-electron chi connectivity index (χ4n) is 6.12. The zero-order valence-electron chi connectivity index (χ0n) is 24.3. The summed E-state index contributed by atoms with van der Waals surface area (Å²) in [5.74, 6) is -4.73. The Labute approximate surface area is 249 Å². The maximum Gasteiger partial charge on any atom is 0.348 e. The third-order valence-electron chi connectivity index (χ3n) is 8.05. The van der Waals surface area contributed by atoms with E-state index in [1.807, 2.05) is 6.92 Å². The molecule has 2 aliphatic rings. The zero-order valence-corrected chi connectivity index (χ0v) is 24.3. The number of rotatable bonds is 7. The highest BCUT2D eigenvalue weighted by atomic mass is 16.5. The Balaban J connectivity index is 1.98. The van der Waals surface area contributed by atoms with Gasteiger partial charge < -0.3 is 19.5 Å². The maximum atomic E-state index is 14.8. The van der Waals surface area contributed by atoms with Gasteiger partial charge in [-0.3, -0.25) is 14.5 Å². The van der Waals surface area contributed by atoms with Crippen LogP contribution < -0.4 is 0 Å². The first-order valence-corrected chi connectivity index (χ1v) is 13.9. The summed E-state index contributed by atoms with van der Waals surface area (Å²) in [7, 11) is 2.31. The number of amides is 1. The third-order valence-corrected chi connectivity index (χ3v) is 8.05. The van der Waals surface area contributed by atoms with Crippen molar-refractivity contribution in [1.29, 1.82) is 0 Å². The molecule has 5 rings (SSSR count). The molecule has 2 heterocycles. The lowest BCUT2D eigenvalue weighted by molar-refractivity contribution is -0.178. The molecule has 220 valence electrons. The lowest BCUT2D eigenvalue weighted by atomic mass is 9.70. The van der Waals surface area contributed by atoms with Crippen LogP contribution in [0.15, 0.2) is 114 Å². The van der Waals surface area contributed by atoms with Crippen LogP contribution in [-0.4, -0.2) is 64.9 Å². The number of aliphatic hydroxyl groups is 1. The summed E-state index contributed by atoms with van der Waals surface area (Å²) in [5.41, 5.74) is -1.08. The van der Waals surface area contributed by atoms with Gasteiger partial charge in [0.25, 0.3) is 11.5 Å². The van der Waals surface area contributed by atoms with Crippen molar-refractivity contribution in [3.05, 3.63) is 130 Å². The number of nitrogens with zero attached hydrogens (tertiary/aromatic N) is 2. The lowest BCUT2D eigenvalue weighted by Crippen LogP contribution is -2.65. The van der Waals surface area contributed by atoms with Gasteiger partial charge in [0.2, 0.25) is 0 Å². The largest absolute Gasteiger partial charge is 0.466 e. The molecule has 43 heavy (non-hydrogen) atoms. The summed E-state index contributed by atoms with van der Waals surface area (Å²) >= 11 is 0. The molecule has 9 nitrogen and oxygen atoms in total. The van der Waals surface area contributed by atoms with Crippen LogP contribution >= 0.6 is 0 Å². The van der Waals surface area contributed by atoms with E-state index in [4.69, 9.17) is 9.47 Å². The molecule has 1 unspecified atom stereocenters. The van der Waals surface area contributed by atoms with Crippen molar-refractivity contribution in [2.45, 2.75) is 31.4 Å². The van der Waals surface area contributed by atoms with Crippen molar-refractivity contribution in [3.63, 3.8) is 0 Å². The molecule has 0 saturated heterocycles. The summed E-state index contributed by atoms with van der Waals surface area (Å²) < 4.78 is 10.2. The Bertz CT molecular complexity index is 1630. The van der Waals surface area contributed by atoms with Crippen molar-refractivity contribution in [2.24, 2.45) is 0 Å². The van der Waals surface area contributed by atoms with Crippen molar-refractivity contribution < 1.29 is 33.8 Å². The van der Waals surface area contributed by atoms with Crippen LogP contribution in [0.5, 0.6) is 0 Å². The molecule has 3 aromatic rings. The second kappa shape index (κ2) is 11.7. The molecule has 0 saturated carbocycles. The Kier molecular flexibility index (Phi) is 8.02. The molecule has 2 aliphatic heterocycles. The Morgan fingerprint density at radius 1 is 0.814 bits per heavy atom. The quantitative estimate of drug-likeness (QED) is 0.252. The van der Waals surface area contributed by atoms with Crippen LogP contribution in [0.25, 0.3) is 0 Å². The van der Waals surface area contributed by atoms with E-state index in [1.54, 1.807) is 103 Å². The molecule has 0 spiro atoms. The predicted molar refractivity (Wildman–Crippen MR) is 157 cm³/mol. The fraction of sp³-hybridized carbons (Fsp3) is 0.235. The summed E-state index contributed by atoms with van der Waals surface area (Å²) in [4.78, 5) is 59.3. The van der Waals surface area contributed by atoms with Crippen molar-refractivity contribution >= 4 is 23.6 Å². The Morgan fingerprint density at radius 3 is 1.86 bits per heavy atom. The summed E-state index contributed by atoms with van der Waals surface area (Å²) in [6, 6.07) is 24.5. The van der Waals surface area contributed by atoms with Gasteiger partial charge in [0.15, 0.2) is 5.78 Å². The molecule has 9 heteroatoms. The number of allylic oxidation sites excluding steroid dienone is 1. The van der Waals surface area contributed by atoms with E-state index < -0.39 is 41.2 Å². The molecule has 0 radical (unpaired) electrons. The van der Waals surface area contributed by atoms with Crippen LogP contribution in [0.3, 0.4) is 0 Å². The zero-order chi connectivity index (χ0) is 30.9. The van der Waals surface area contributed by atoms with Crippen LogP contribution in [0, 0.1) is 0 Å². The average molecular weight is 581 g/mol. The van der Waals surface area contributed by atoms with E-state index in [-0.39, 0.29) is 23.5 Å². The van der Waals surface area contributed by atoms with Gasteiger partial charge in [0, 0.05) is 17.8 Å². The lowest BCUT2D eigenvalue weighted by Gasteiger charge is -2.52. The van der Waals surface area contributed by atoms with Gasteiger partial charge >= 0.3 is 11.9 Å². The third kappa shape index (κ3) is 4.62. The first kappa shape index (κ1) is 29.5. The van der Waals surface area contributed by atoms with E-state index in [0.717, 1.165) is 7.11 Å². The van der Waals surface area contributed by atoms with Crippen LogP contribution in [0.2, 0.25) is 0 Å². The highest BCUT2D eigenvalue weighted by Gasteiger charge is 2.64. The SMILES string of the molecule is CCN1C(C)=C(C(=O)OC)C(c2ccccc2)N2C(=O)[C@](O)(C(=O)OC)[C@@H](c3ccccc3)C(C(=O)c3ccccc3)=C12. The number of Topliss-reactive ketones (excluding diaryl/α,β-unsaturated/α-hetero) is 1. The molecule has 1 amide bonds. The number of fused-ring (bicyclic) bond motifs is 1. The fourth-order valence-corrected chi connectivity index (χ4v) is 6.12. The Hall–Kier alpha value is -5.02. The van der Waals surface area contributed by atoms with Crippen LogP contribution in [0.4, 0.5) is 0 Å². The minimum atomic E-state index is -2.86. The number of carbonyl (C=O) groups excluding carboxylic acids is 4. The van der Waals surface area contributed by atoms with E-state index in [2.05, 4.69) is 0 Å². The Morgan fingerprint density at radius 2 is 1.35 bits per heavy atom.